The monoisotopic (exact) mass is 189 g/mol. The van der Waals surface area contributed by atoms with E-state index in [4.69, 9.17) is 4.74 Å². The first-order valence-corrected chi connectivity index (χ1v) is 5.98. The summed E-state index contributed by atoms with van der Waals surface area (Å²) in [7, 11) is 0. The molecule has 1 saturated heterocycles. The van der Waals surface area contributed by atoms with Crippen LogP contribution in [-0.2, 0) is 4.74 Å². The highest BCUT2D eigenvalue weighted by atomic mass is 32.2. The molecule has 1 rings (SSSR count). The van der Waals surface area contributed by atoms with Crippen molar-refractivity contribution in [3.05, 3.63) is 0 Å². The van der Waals surface area contributed by atoms with Crippen molar-refractivity contribution in [2.24, 2.45) is 0 Å². The SMILES string of the molecule is CCC(CN1CCOCC1)SC. The topological polar surface area (TPSA) is 12.5 Å². The maximum atomic E-state index is 5.30. The Morgan fingerprint density at radius 1 is 1.42 bits per heavy atom. The van der Waals surface area contributed by atoms with Crippen LogP contribution in [0.15, 0.2) is 0 Å². The quantitative estimate of drug-likeness (QED) is 0.664. The Morgan fingerprint density at radius 2 is 2.08 bits per heavy atom. The zero-order valence-corrected chi connectivity index (χ0v) is 8.90. The summed E-state index contributed by atoms with van der Waals surface area (Å²) in [6, 6.07) is 0. The summed E-state index contributed by atoms with van der Waals surface area (Å²) in [5.74, 6) is 0. The third kappa shape index (κ3) is 3.33. The van der Waals surface area contributed by atoms with Gasteiger partial charge in [0.1, 0.15) is 0 Å². The van der Waals surface area contributed by atoms with Crippen molar-refractivity contribution >= 4 is 11.8 Å². The van der Waals surface area contributed by atoms with Crippen molar-refractivity contribution in [2.45, 2.75) is 18.6 Å². The molecule has 0 N–H and O–H groups in total. The minimum atomic E-state index is 0.808. The number of rotatable bonds is 4. The number of morpholine rings is 1. The number of nitrogens with zero attached hydrogens (tertiary/aromatic N) is 1. The number of hydrogen-bond donors (Lipinski definition) is 0. The van der Waals surface area contributed by atoms with E-state index in [9.17, 15) is 0 Å². The van der Waals surface area contributed by atoms with Gasteiger partial charge in [-0.25, -0.2) is 0 Å². The Hall–Kier alpha value is 0.270. The van der Waals surface area contributed by atoms with E-state index in [1.807, 2.05) is 11.8 Å². The lowest BCUT2D eigenvalue weighted by Gasteiger charge is -2.29. The van der Waals surface area contributed by atoms with E-state index in [-0.39, 0.29) is 0 Å². The standard InChI is InChI=1S/C9H19NOS/c1-3-9(12-2)8-10-4-6-11-7-5-10/h9H,3-8H2,1-2H3. The molecule has 0 saturated carbocycles. The maximum absolute atomic E-state index is 5.30. The van der Waals surface area contributed by atoms with Crippen LogP contribution in [-0.4, -0.2) is 49.3 Å². The Morgan fingerprint density at radius 3 is 2.58 bits per heavy atom. The normalized spacial score (nSPS) is 22.5. The molecular weight excluding hydrogens is 170 g/mol. The molecule has 1 atom stereocenters. The molecule has 1 unspecified atom stereocenters. The highest BCUT2D eigenvalue weighted by Crippen LogP contribution is 2.12. The second-order valence-corrected chi connectivity index (χ2v) is 4.32. The summed E-state index contributed by atoms with van der Waals surface area (Å²) in [5, 5.41) is 0.808. The predicted octanol–water partition coefficient (Wildman–Crippen LogP) is 1.46. The molecule has 12 heavy (non-hydrogen) atoms. The third-order valence-corrected chi connectivity index (χ3v) is 3.50. The Labute approximate surface area is 79.6 Å². The van der Waals surface area contributed by atoms with E-state index in [1.165, 1.54) is 13.0 Å². The molecule has 0 aromatic heterocycles. The zero-order valence-electron chi connectivity index (χ0n) is 8.08. The molecule has 0 aliphatic carbocycles. The van der Waals surface area contributed by atoms with Crippen LogP contribution in [0.3, 0.4) is 0 Å². The second kappa shape index (κ2) is 5.84. The van der Waals surface area contributed by atoms with Gasteiger partial charge in [0, 0.05) is 24.9 Å². The molecule has 0 bridgehead atoms. The predicted molar refractivity (Wildman–Crippen MR) is 54.9 cm³/mol. The van der Waals surface area contributed by atoms with Gasteiger partial charge in [0.05, 0.1) is 13.2 Å². The smallest absolute Gasteiger partial charge is 0.0594 e. The summed E-state index contributed by atoms with van der Waals surface area (Å²) >= 11 is 1.98. The van der Waals surface area contributed by atoms with Crippen molar-refractivity contribution in [2.75, 3.05) is 39.1 Å². The molecule has 1 aliphatic heterocycles. The Bertz CT molecular complexity index is 111. The summed E-state index contributed by atoms with van der Waals surface area (Å²) in [5.41, 5.74) is 0. The van der Waals surface area contributed by atoms with Crippen LogP contribution in [0.25, 0.3) is 0 Å². The van der Waals surface area contributed by atoms with Crippen LogP contribution in [0.5, 0.6) is 0 Å². The van der Waals surface area contributed by atoms with E-state index in [1.54, 1.807) is 0 Å². The maximum Gasteiger partial charge on any atom is 0.0594 e. The number of hydrogen-bond acceptors (Lipinski definition) is 3. The van der Waals surface area contributed by atoms with Crippen molar-refractivity contribution in [3.63, 3.8) is 0 Å². The molecule has 72 valence electrons. The van der Waals surface area contributed by atoms with Crippen molar-refractivity contribution in [1.82, 2.24) is 4.90 Å². The van der Waals surface area contributed by atoms with Crippen LogP contribution < -0.4 is 0 Å². The van der Waals surface area contributed by atoms with Crippen LogP contribution in [0.4, 0.5) is 0 Å². The number of ether oxygens (including phenoxy) is 1. The molecule has 0 aromatic carbocycles. The molecule has 0 amide bonds. The second-order valence-electron chi connectivity index (χ2n) is 3.18. The van der Waals surface area contributed by atoms with Crippen LogP contribution in [0.2, 0.25) is 0 Å². The highest BCUT2D eigenvalue weighted by Gasteiger charge is 2.14. The molecule has 0 radical (unpaired) electrons. The lowest BCUT2D eigenvalue weighted by Crippen LogP contribution is -2.40. The van der Waals surface area contributed by atoms with Gasteiger partial charge in [-0.05, 0) is 12.7 Å². The van der Waals surface area contributed by atoms with Gasteiger partial charge in [0.15, 0.2) is 0 Å². The van der Waals surface area contributed by atoms with Gasteiger partial charge in [-0.2, -0.15) is 11.8 Å². The minimum absolute atomic E-state index is 0.808. The summed E-state index contributed by atoms with van der Waals surface area (Å²) < 4.78 is 5.30. The molecule has 0 aromatic rings. The molecule has 1 aliphatic rings. The van der Waals surface area contributed by atoms with Crippen molar-refractivity contribution in [1.29, 1.82) is 0 Å². The average Bonchev–Trinajstić information content (AvgIpc) is 2.16. The first-order valence-electron chi connectivity index (χ1n) is 4.69. The molecular formula is C9H19NOS. The average molecular weight is 189 g/mol. The largest absolute Gasteiger partial charge is 0.379 e. The van der Waals surface area contributed by atoms with Gasteiger partial charge >= 0.3 is 0 Å². The molecule has 0 spiro atoms. The highest BCUT2D eigenvalue weighted by molar-refractivity contribution is 7.99. The lowest BCUT2D eigenvalue weighted by molar-refractivity contribution is 0.0380. The summed E-state index contributed by atoms with van der Waals surface area (Å²) in [6.07, 6.45) is 3.48. The van der Waals surface area contributed by atoms with Gasteiger partial charge in [-0.1, -0.05) is 6.92 Å². The van der Waals surface area contributed by atoms with Crippen LogP contribution >= 0.6 is 11.8 Å². The Kier molecular flexibility index (Phi) is 5.04. The lowest BCUT2D eigenvalue weighted by atomic mass is 10.3. The van der Waals surface area contributed by atoms with Gasteiger partial charge in [0.25, 0.3) is 0 Å². The van der Waals surface area contributed by atoms with Crippen LogP contribution in [0, 0.1) is 0 Å². The van der Waals surface area contributed by atoms with Gasteiger partial charge in [-0.15, -0.1) is 0 Å². The van der Waals surface area contributed by atoms with E-state index in [0.717, 1.165) is 31.6 Å². The van der Waals surface area contributed by atoms with Crippen molar-refractivity contribution in [3.8, 4) is 0 Å². The summed E-state index contributed by atoms with van der Waals surface area (Å²) in [6.45, 7) is 7.59. The molecule has 1 fully saturated rings. The minimum Gasteiger partial charge on any atom is -0.379 e. The van der Waals surface area contributed by atoms with E-state index < -0.39 is 0 Å². The third-order valence-electron chi connectivity index (χ3n) is 2.35. The summed E-state index contributed by atoms with van der Waals surface area (Å²) in [4.78, 5) is 2.51. The number of thioether (sulfide) groups is 1. The fourth-order valence-corrected chi connectivity index (χ4v) is 2.14. The fourth-order valence-electron chi connectivity index (χ4n) is 1.44. The molecule has 1 heterocycles. The fraction of sp³-hybridized carbons (Fsp3) is 1.00. The van der Waals surface area contributed by atoms with Crippen LogP contribution in [0.1, 0.15) is 13.3 Å². The van der Waals surface area contributed by atoms with Gasteiger partial charge in [-0.3, -0.25) is 4.90 Å². The van der Waals surface area contributed by atoms with Gasteiger partial charge in [0.2, 0.25) is 0 Å². The van der Waals surface area contributed by atoms with E-state index >= 15 is 0 Å². The zero-order chi connectivity index (χ0) is 8.81. The van der Waals surface area contributed by atoms with E-state index in [2.05, 4.69) is 18.1 Å². The first-order chi connectivity index (χ1) is 5.86. The van der Waals surface area contributed by atoms with Crippen molar-refractivity contribution < 1.29 is 4.74 Å². The molecule has 3 heteroatoms. The van der Waals surface area contributed by atoms with E-state index in [0.29, 0.717) is 0 Å². The first kappa shape index (κ1) is 10.4. The van der Waals surface area contributed by atoms with Gasteiger partial charge < -0.3 is 4.74 Å². The molecule has 2 nitrogen and oxygen atoms in total. The Balaban J connectivity index is 2.18.